The molecule has 1 unspecified atom stereocenters. The Morgan fingerprint density at radius 3 is 2.16 bits per heavy atom. The van der Waals surface area contributed by atoms with E-state index in [-0.39, 0.29) is 35.7 Å². The van der Waals surface area contributed by atoms with Gasteiger partial charge in [-0.1, -0.05) is 95.3 Å². The molecule has 1 N–H and O–H groups in total. The Balaban J connectivity index is 1.61. The van der Waals surface area contributed by atoms with Gasteiger partial charge in [-0.15, -0.1) is 4.52 Å². The van der Waals surface area contributed by atoms with Crippen molar-refractivity contribution in [3.63, 3.8) is 0 Å². The molecule has 0 radical (unpaired) electrons. The minimum atomic E-state index is -2.89. The molecule has 2 aromatic carbocycles. The summed E-state index contributed by atoms with van der Waals surface area (Å²) in [5.41, 5.74) is -0.574. The van der Waals surface area contributed by atoms with Crippen molar-refractivity contribution in [1.29, 1.82) is 0 Å². The second-order valence-electron chi connectivity index (χ2n) is 11.7. The summed E-state index contributed by atoms with van der Waals surface area (Å²) >= 11 is 3.99. The van der Waals surface area contributed by atoms with Gasteiger partial charge in [0.25, 0.3) is 8.32 Å². The van der Waals surface area contributed by atoms with E-state index in [4.69, 9.17) is 13.7 Å². The number of hydrogen-bond donors (Lipinski definition) is 2. The maximum Gasteiger partial charge on any atom is 0.582 e. The first-order valence-electron chi connectivity index (χ1n) is 14.6. The Morgan fingerprint density at radius 2 is 1.67 bits per heavy atom. The van der Waals surface area contributed by atoms with Crippen molar-refractivity contribution in [3.8, 4) is 0 Å². The van der Waals surface area contributed by atoms with Gasteiger partial charge in [-0.25, -0.2) is 4.79 Å². The highest BCUT2D eigenvalue weighted by Crippen LogP contribution is 2.41. The van der Waals surface area contributed by atoms with Crippen LogP contribution in [0.1, 0.15) is 60.1 Å². The number of nitrogens with zero attached hydrogens (tertiary/aromatic N) is 2. The molecular formula is C31H41N3O6PSSi+. The van der Waals surface area contributed by atoms with Crippen LogP contribution >= 0.6 is 19.5 Å². The van der Waals surface area contributed by atoms with Crippen molar-refractivity contribution in [2.45, 2.75) is 77.4 Å². The maximum absolute atomic E-state index is 13.1. The normalized spacial score (nSPS) is 19.4. The molecule has 2 heterocycles. The van der Waals surface area contributed by atoms with Crippen LogP contribution in [0.25, 0.3) is 0 Å². The predicted octanol–water partition coefficient (Wildman–Crippen LogP) is 5.45. The van der Waals surface area contributed by atoms with Gasteiger partial charge in [-0.2, -0.15) is 4.98 Å². The second-order valence-corrected chi connectivity index (χ2v) is 17.7. The van der Waals surface area contributed by atoms with Crippen LogP contribution in [-0.2, 0) is 23.0 Å². The molecule has 4 atom stereocenters. The molecule has 0 saturated carbocycles. The van der Waals surface area contributed by atoms with Crippen LogP contribution in [0.3, 0.4) is 0 Å². The highest BCUT2D eigenvalue weighted by atomic mass is 32.7. The van der Waals surface area contributed by atoms with Crippen molar-refractivity contribution in [1.82, 2.24) is 9.55 Å². The van der Waals surface area contributed by atoms with Gasteiger partial charge in [0, 0.05) is 18.5 Å². The number of rotatable bonds is 12. The van der Waals surface area contributed by atoms with Crippen molar-refractivity contribution >= 4 is 49.9 Å². The monoisotopic (exact) mass is 642 g/mol. The molecule has 230 valence electrons. The number of aromatic nitrogens is 2. The third-order valence-electron chi connectivity index (χ3n) is 8.03. The molecule has 0 bridgehead atoms. The first-order chi connectivity index (χ1) is 20.5. The summed E-state index contributed by atoms with van der Waals surface area (Å²) in [4.78, 5) is 29.6. The number of hydrogen-bond acceptors (Lipinski definition) is 7. The van der Waals surface area contributed by atoms with E-state index in [2.05, 4.69) is 67.6 Å². The van der Waals surface area contributed by atoms with Gasteiger partial charge in [-0.3, -0.25) is 9.36 Å². The van der Waals surface area contributed by atoms with Gasteiger partial charge in [-0.05, 0) is 38.9 Å². The zero-order chi connectivity index (χ0) is 31.2. The molecule has 3 aromatic rings. The number of amides is 1. The SMILES string of the molecule is CCC(CC)C(=O)Nc1ccn([C@H]2C[C@H](O[P+](=O)S)[C@@H](CO[Si](c3ccccc3)(c3ccccc3)C(C)(C)C)O2)c(=O)n1. The number of carbonyl (C=O) groups excluding carboxylic acids is 1. The Hall–Kier alpha value is -2.66. The molecule has 1 fully saturated rings. The number of benzene rings is 2. The van der Waals surface area contributed by atoms with E-state index in [0.29, 0.717) is 12.8 Å². The van der Waals surface area contributed by atoms with E-state index in [0.717, 1.165) is 10.4 Å². The highest BCUT2D eigenvalue weighted by molar-refractivity contribution is 8.39. The molecule has 12 heteroatoms. The molecular weight excluding hydrogens is 601 g/mol. The Labute approximate surface area is 260 Å². The minimum absolute atomic E-state index is 0.150. The Morgan fingerprint density at radius 1 is 1.09 bits per heavy atom. The lowest BCUT2D eigenvalue weighted by atomic mass is 10.0. The fourth-order valence-corrected chi connectivity index (χ4v) is 11.2. The van der Waals surface area contributed by atoms with E-state index in [9.17, 15) is 14.2 Å². The van der Waals surface area contributed by atoms with E-state index in [1.807, 2.05) is 50.2 Å². The van der Waals surface area contributed by atoms with Gasteiger partial charge in [0.1, 0.15) is 36.5 Å². The van der Waals surface area contributed by atoms with E-state index >= 15 is 0 Å². The quantitative estimate of drug-likeness (QED) is 0.154. The van der Waals surface area contributed by atoms with Crippen LogP contribution in [0.4, 0.5) is 5.82 Å². The topological polar surface area (TPSA) is 109 Å². The number of thiol groups is 1. The van der Waals surface area contributed by atoms with Crippen LogP contribution in [-0.4, -0.2) is 42.6 Å². The fourth-order valence-electron chi connectivity index (χ4n) is 5.81. The van der Waals surface area contributed by atoms with Crippen molar-refractivity contribution in [2.75, 3.05) is 11.9 Å². The number of carbonyl (C=O) groups is 1. The minimum Gasteiger partial charge on any atom is -0.405 e. The van der Waals surface area contributed by atoms with Crippen molar-refractivity contribution in [3.05, 3.63) is 83.4 Å². The largest absolute Gasteiger partial charge is 0.582 e. The molecule has 0 spiro atoms. The summed E-state index contributed by atoms with van der Waals surface area (Å²) in [6.07, 6.45) is 1.20. The first-order valence-corrected chi connectivity index (χ1v) is 18.9. The van der Waals surface area contributed by atoms with Gasteiger partial charge in [0.2, 0.25) is 5.91 Å². The number of anilines is 1. The van der Waals surface area contributed by atoms with Gasteiger partial charge < -0.3 is 14.5 Å². The van der Waals surface area contributed by atoms with E-state index in [1.54, 1.807) is 12.3 Å². The predicted molar refractivity (Wildman–Crippen MR) is 175 cm³/mol. The average Bonchev–Trinajstić information content (AvgIpc) is 3.36. The molecule has 9 nitrogen and oxygen atoms in total. The lowest BCUT2D eigenvalue weighted by Gasteiger charge is -2.43. The van der Waals surface area contributed by atoms with Crippen molar-refractivity contribution < 1.29 is 23.0 Å². The van der Waals surface area contributed by atoms with Crippen molar-refractivity contribution in [2.24, 2.45) is 5.92 Å². The van der Waals surface area contributed by atoms with Gasteiger partial charge in [0.05, 0.1) is 6.61 Å². The van der Waals surface area contributed by atoms with Crippen LogP contribution < -0.4 is 21.4 Å². The van der Waals surface area contributed by atoms with E-state index < -0.39 is 39.7 Å². The zero-order valence-corrected chi connectivity index (χ0v) is 28.1. The number of ether oxygens (including phenoxy) is 1. The summed E-state index contributed by atoms with van der Waals surface area (Å²) in [6, 6.07) is 22.1. The molecule has 1 aliphatic rings. The summed E-state index contributed by atoms with van der Waals surface area (Å²) in [5, 5.41) is 4.72. The van der Waals surface area contributed by atoms with Crippen LogP contribution in [0.15, 0.2) is 77.7 Å². The number of nitrogens with one attached hydrogen (secondary N) is 1. The standard InChI is InChI=1S/C31H40N3O6PSSi/c1-6-22(7-2)29(35)32-27-18-19-34(30(36)33-27)28-20-25(40-41(37)42)26(39-28)21-38-43(31(3,4)5,23-14-10-8-11-15-23)24-16-12-9-13-17-24/h8-19,22,25-26,28H,6-7,20-21H2,1-5H3,(H-,32,33,35,36,37,42)/p+1/t25-,26+,28+/m0/s1. The lowest BCUT2D eigenvalue weighted by molar-refractivity contribution is -0.120. The highest BCUT2D eigenvalue weighted by Gasteiger charge is 2.52. The molecule has 1 saturated heterocycles. The molecule has 0 aliphatic carbocycles. The smallest absolute Gasteiger partial charge is 0.405 e. The lowest BCUT2D eigenvalue weighted by Crippen LogP contribution is -2.67. The molecule has 4 rings (SSSR count). The van der Waals surface area contributed by atoms with Crippen LogP contribution in [0.2, 0.25) is 5.04 Å². The first kappa shape index (κ1) is 33.2. The van der Waals surface area contributed by atoms with Gasteiger partial charge in [0.15, 0.2) is 0 Å². The van der Waals surface area contributed by atoms with Crippen LogP contribution in [0.5, 0.6) is 0 Å². The molecule has 1 aliphatic heterocycles. The molecule has 43 heavy (non-hydrogen) atoms. The summed E-state index contributed by atoms with van der Waals surface area (Å²) in [5.74, 6) is -0.132. The molecule has 1 amide bonds. The second kappa shape index (κ2) is 14.4. The van der Waals surface area contributed by atoms with Gasteiger partial charge >= 0.3 is 12.9 Å². The zero-order valence-electron chi connectivity index (χ0n) is 25.3. The third kappa shape index (κ3) is 7.53. The maximum atomic E-state index is 13.1. The summed E-state index contributed by atoms with van der Waals surface area (Å²) < 4.78 is 32.6. The Bertz CT molecular complexity index is 1410. The summed E-state index contributed by atoms with van der Waals surface area (Å²) in [6.45, 7) is 10.6. The molecule has 1 aromatic heterocycles. The summed E-state index contributed by atoms with van der Waals surface area (Å²) in [7, 11) is -5.12. The average molecular weight is 643 g/mol. The fraction of sp³-hybridized carbons (Fsp3) is 0.452. The third-order valence-corrected chi connectivity index (χ3v) is 13.8. The van der Waals surface area contributed by atoms with Crippen LogP contribution in [0, 0.1) is 5.92 Å². The Kier molecular flexibility index (Phi) is 11.1. The van der Waals surface area contributed by atoms with E-state index in [1.165, 1.54) is 4.57 Å².